The van der Waals surface area contributed by atoms with E-state index in [9.17, 15) is 14.4 Å². The normalized spacial score (nSPS) is 13.9. The Balaban J connectivity index is 1.99. The van der Waals surface area contributed by atoms with Crippen molar-refractivity contribution in [3.8, 4) is 11.1 Å². The molecule has 9 nitrogen and oxygen atoms in total. The summed E-state index contributed by atoms with van der Waals surface area (Å²) < 4.78 is 0. The Bertz CT molecular complexity index is 1340. The first-order valence-electron chi connectivity index (χ1n) is 14.6. The number of allylic oxidation sites excluding steroid dienone is 3. The number of anilines is 2. The molecule has 226 valence electrons. The van der Waals surface area contributed by atoms with E-state index in [2.05, 4.69) is 25.4 Å². The summed E-state index contributed by atoms with van der Waals surface area (Å²) in [5.74, 6) is 0.686. The van der Waals surface area contributed by atoms with Crippen LogP contribution in [0.1, 0.15) is 49.5 Å². The minimum Gasteiger partial charge on any atom is -0.392 e. The van der Waals surface area contributed by atoms with Gasteiger partial charge in [0.2, 0.25) is 5.91 Å². The average Bonchev–Trinajstić information content (AvgIpc) is 3.83. The fraction of sp³-hybridized carbons (Fsp3) is 0.455. The van der Waals surface area contributed by atoms with Crippen LogP contribution in [0.4, 0.5) is 11.5 Å². The number of nitrogens with one attached hydrogen (secondary N) is 2. The van der Waals surface area contributed by atoms with Crippen molar-refractivity contribution in [3.05, 3.63) is 64.5 Å². The molecule has 0 radical (unpaired) electrons. The van der Waals surface area contributed by atoms with Gasteiger partial charge in [-0.15, -0.1) is 0 Å². The van der Waals surface area contributed by atoms with Gasteiger partial charge in [0.15, 0.2) is 0 Å². The summed E-state index contributed by atoms with van der Waals surface area (Å²) in [6.07, 6.45) is 6.26. The van der Waals surface area contributed by atoms with E-state index < -0.39 is 0 Å². The quantitative estimate of drug-likeness (QED) is 0.198. The number of pyridine rings is 1. The van der Waals surface area contributed by atoms with Gasteiger partial charge < -0.3 is 25.3 Å². The van der Waals surface area contributed by atoms with Gasteiger partial charge >= 0.3 is 0 Å². The summed E-state index contributed by atoms with van der Waals surface area (Å²) in [5, 5.41) is 5.97. The smallest absolute Gasteiger partial charge is 0.251 e. The molecule has 9 heteroatoms. The van der Waals surface area contributed by atoms with Crippen molar-refractivity contribution < 1.29 is 14.4 Å². The van der Waals surface area contributed by atoms with Crippen molar-refractivity contribution in [3.63, 3.8) is 0 Å². The lowest BCUT2D eigenvalue weighted by atomic mass is 9.97. The van der Waals surface area contributed by atoms with E-state index in [0.717, 1.165) is 71.7 Å². The van der Waals surface area contributed by atoms with E-state index in [4.69, 9.17) is 0 Å². The minimum absolute atomic E-state index is 0.0429. The standard InChI is InChI=1S/C33H46N6O3/c1-9-39(33(42)25-10-11-25)30-18-27(26-12-13-31(35-19-26)38(8)15-14-37(6)7)17-29(24(30)4)32(41)36-20-28(21-40)22(2)16-23(3)34-5/h12-13,16-19,21,25,34H,9-11,14-15,20H2,1-8H3,(H,36,41)/b23-16-,28-22-. The zero-order chi connectivity index (χ0) is 31.0. The number of aromatic nitrogens is 1. The van der Waals surface area contributed by atoms with Crippen LogP contribution < -0.4 is 20.4 Å². The number of benzene rings is 1. The topological polar surface area (TPSA) is 97.9 Å². The third-order valence-electron chi connectivity index (χ3n) is 7.69. The van der Waals surface area contributed by atoms with E-state index >= 15 is 0 Å². The Morgan fingerprint density at radius 2 is 1.79 bits per heavy atom. The number of nitrogens with zero attached hydrogens (tertiary/aromatic N) is 4. The molecule has 0 unspecified atom stereocenters. The molecule has 2 amide bonds. The lowest BCUT2D eigenvalue weighted by Gasteiger charge is -2.25. The second-order valence-electron chi connectivity index (χ2n) is 11.2. The summed E-state index contributed by atoms with van der Waals surface area (Å²) in [6, 6.07) is 7.80. The fourth-order valence-electron chi connectivity index (χ4n) is 4.66. The lowest BCUT2D eigenvalue weighted by Crippen LogP contribution is -2.33. The van der Waals surface area contributed by atoms with E-state index in [1.54, 1.807) is 4.90 Å². The molecule has 0 atom stereocenters. The lowest BCUT2D eigenvalue weighted by molar-refractivity contribution is -0.119. The van der Waals surface area contributed by atoms with Crippen LogP contribution in [-0.2, 0) is 9.59 Å². The fourth-order valence-corrected chi connectivity index (χ4v) is 4.66. The molecule has 1 aromatic heterocycles. The van der Waals surface area contributed by atoms with Gasteiger partial charge in [-0.1, -0.05) is 0 Å². The van der Waals surface area contributed by atoms with Crippen LogP contribution in [0, 0.1) is 12.8 Å². The highest BCUT2D eigenvalue weighted by atomic mass is 16.2. The van der Waals surface area contributed by atoms with Crippen molar-refractivity contribution in [1.82, 2.24) is 20.5 Å². The summed E-state index contributed by atoms with van der Waals surface area (Å²) in [7, 11) is 7.91. The Hall–Kier alpha value is -3.98. The van der Waals surface area contributed by atoms with Crippen molar-refractivity contribution in [1.29, 1.82) is 0 Å². The largest absolute Gasteiger partial charge is 0.392 e. The predicted octanol–water partition coefficient (Wildman–Crippen LogP) is 4.19. The second-order valence-corrected chi connectivity index (χ2v) is 11.2. The van der Waals surface area contributed by atoms with Crippen molar-refractivity contribution in [2.45, 2.75) is 40.5 Å². The molecule has 42 heavy (non-hydrogen) atoms. The first-order valence-corrected chi connectivity index (χ1v) is 14.6. The molecule has 3 rings (SSSR count). The van der Waals surface area contributed by atoms with Crippen LogP contribution >= 0.6 is 0 Å². The number of carbonyl (C=O) groups is 3. The summed E-state index contributed by atoms with van der Waals surface area (Å²) in [5.41, 5.74) is 5.73. The summed E-state index contributed by atoms with van der Waals surface area (Å²) >= 11 is 0. The third-order valence-corrected chi connectivity index (χ3v) is 7.69. The zero-order valence-electron chi connectivity index (χ0n) is 26.4. The number of amides is 2. The van der Waals surface area contributed by atoms with Crippen molar-refractivity contribution >= 4 is 29.6 Å². The second kappa shape index (κ2) is 14.8. The maximum atomic E-state index is 13.6. The highest BCUT2D eigenvalue weighted by Gasteiger charge is 2.34. The van der Waals surface area contributed by atoms with E-state index in [-0.39, 0.29) is 24.3 Å². The highest BCUT2D eigenvalue weighted by Crippen LogP contribution is 2.36. The van der Waals surface area contributed by atoms with Crippen LogP contribution in [0.25, 0.3) is 11.1 Å². The van der Waals surface area contributed by atoms with Gasteiger partial charge in [0.1, 0.15) is 12.1 Å². The van der Waals surface area contributed by atoms with Gasteiger partial charge in [-0.05, 0) is 102 Å². The Kier molecular flexibility index (Phi) is 11.4. The molecule has 1 fully saturated rings. The van der Waals surface area contributed by atoms with Gasteiger partial charge in [0, 0.05) is 80.5 Å². The van der Waals surface area contributed by atoms with E-state index in [1.807, 2.05) is 92.4 Å². The van der Waals surface area contributed by atoms with E-state index in [0.29, 0.717) is 17.7 Å². The highest BCUT2D eigenvalue weighted by molar-refractivity contribution is 6.03. The molecule has 0 saturated heterocycles. The van der Waals surface area contributed by atoms with Gasteiger partial charge in [-0.25, -0.2) is 4.98 Å². The number of hydrogen-bond donors (Lipinski definition) is 2. The molecule has 1 aromatic carbocycles. The maximum Gasteiger partial charge on any atom is 0.251 e. The summed E-state index contributed by atoms with van der Waals surface area (Å²) in [6.45, 7) is 9.93. The van der Waals surface area contributed by atoms with Gasteiger partial charge in [-0.3, -0.25) is 14.4 Å². The zero-order valence-corrected chi connectivity index (χ0v) is 26.4. The molecular weight excluding hydrogens is 528 g/mol. The number of hydrogen-bond acceptors (Lipinski definition) is 7. The van der Waals surface area contributed by atoms with Crippen LogP contribution in [-0.4, -0.2) is 82.4 Å². The minimum atomic E-state index is -0.306. The molecule has 1 aliphatic rings. The van der Waals surface area contributed by atoms with Crippen LogP contribution in [0.5, 0.6) is 0 Å². The molecule has 0 bridgehead atoms. The van der Waals surface area contributed by atoms with Gasteiger partial charge in [0.25, 0.3) is 5.91 Å². The maximum absolute atomic E-state index is 13.6. The molecule has 2 aromatic rings. The van der Waals surface area contributed by atoms with Crippen LogP contribution in [0.2, 0.25) is 0 Å². The Morgan fingerprint density at radius 3 is 2.33 bits per heavy atom. The number of likely N-dealkylation sites (N-methyl/N-ethyl adjacent to an activating group) is 2. The molecule has 0 spiro atoms. The first kappa shape index (κ1) is 32.5. The average molecular weight is 575 g/mol. The molecule has 0 aliphatic heterocycles. The molecule has 2 N–H and O–H groups in total. The van der Waals surface area contributed by atoms with Crippen molar-refractivity contribution in [2.75, 3.05) is 64.2 Å². The Morgan fingerprint density at radius 1 is 1.07 bits per heavy atom. The molecular formula is C33H46N6O3. The van der Waals surface area contributed by atoms with Gasteiger partial charge in [-0.2, -0.15) is 0 Å². The number of carbonyl (C=O) groups excluding carboxylic acids is 3. The van der Waals surface area contributed by atoms with Crippen LogP contribution in [0.3, 0.4) is 0 Å². The van der Waals surface area contributed by atoms with Crippen LogP contribution in [0.15, 0.2) is 53.4 Å². The molecule has 1 heterocycles. The Labute approximate surface area is 250 Å². The third kappa shape index (κ3) is 8.28. The van der Waals surface area contributed by atoms with Gasteiger partial charge in [0.05, 0.1) is 0 Å². The molecule has 1 aliphatic carbocycles. The predicted molar refractivity (Wildman–Crippen MR) is 171 cm³/mol. The SMILES string of the molecule is CCN(C(=O)C1CC1)c1cc(-c2ccc(N(C)CCN(C)C)nc2)cc(C(=O)NC/C(C=O)=C(C)/C=C(/C)NC)c1C. The van der Waals surface area contributed by atoms with E-state index in [1.165, 1.54) is 0 Å². The molecule has 1 saturated carbocycles. The number of aldehydes is 1. The monoisotopic (exact) mass is 574 g/mol. The summed E-state index contributed by atoms with van der Waals surface area (Å²) in [4.78, 5) is 49.4. The first-order chi connectivity index (χ1) is 20.0. The van der Waals surface area contributed by atoms with Crippen molar-refractivity contribution in [2.24, 2.45) is 5.92 Å². The number of rotatable bonds is 14.